The molecular formula is C15H20N2O2S. The average molecular weight is 292 g/mol. The van der Waals surface area contributed by atoms with Crippen LogP contribution in [0, 0.1) is 6.92 Å². The molecule has 0 radical (unpaired) electrons. The van der Waals surface area contributed by atoms with Gasteiger partial charge in [-0.1, -0.05) is 6.07 Å². The molecule has 0 fully saturated rings. The summed E-state index contributed by atoms with van der Waals surface area (Å²) in [7, 11) is 1.81. The zero-order chi connectivity index (χ0) is 14.7. The lowest BCUT2D eigenvalue weighted by Crippen LogP contribution is -2.39. The number of carbonyl (C=O) groups excluding carboxylic acids is 1. The van der Waals surface area contributed by atoms with Crippen LogP contribution in [0.4, 0.5) is 4.79 Å². The molecule has 0 aliphatic carbocycles. The molecule has 0 aliphatic rings. The van der Waals surface area contributed by atoms with Crippen molar-refractivity contribution in [1.82, 2.24) is 10.2 Å². The fourth-order valence-electron chi connectivity index (χ4n) is 1.94. The van der Waals surface area contributed by atoms with Crippen LogP contribution in [0.25, 0.3) is 0 Å². The van der Waals surface area contributed by atoms with Crippen molar-refractivity contribution in [3.63, 3.8) is 0 Å². The number of hydrogen-bond donors (Lipinski definition) is 1. The SMILES string of the molecule is Cc1ccc(C(C)NC(=O)N(C)C(C)c2cccs2)o1. The molecule has 0 saturated heterocycles. The Morgan fingerprint density at radius 1 is 1.35 bits per heavy atom. The molecule has 20 heavy (non-hydrogen) atoms. The second-order valence-electron chi connectivity index (χ2n) is 4.92. The summed E-state index contributed by atoms with van der Waals surface area (Å²) in [5, 5.41) is 4.97. The molecule has 108 valence electrons. The quantitative estimate of drug-likeness (QED) is 0.921. The van der Waals surface area contributed by atoms with Crippen LogP contribution in [0.2, 0.25) is 0 Å². The normalized spacial score (nSPS) is 13.8. The molecule has 2 rings (SSSR count). The molecule has 0 spiro atoms. The Balaban J connectivity index is 1.97. The fraction of sp³-hybridized carbons (Fsp3) is 0.400. The Bertz CT molecular complexity index is 562. The summed E-state index contributed by atoms with van der Waals surface area (Å²) < 4.78 is 5.53. The monoisotopic (exact) mass is 292 g/mol. The van der Waals surface area contributed by atoms with Gasteiger partial charge in [0, 0.05) is 11.9 Å². The highest BCUT2D eigenvalue weighted by molar-refractivity contribution is 7.10. The first-order valence-electron chi connectivity index (χ1n) is 6.62. The Labute approximate surface area is 123 Å². The van der Waals surface area contributed by atoms with Gasteiger partial charge in [-0.3, -0.25) is 0 Å². The van der Waals surface area contributed by atoms with Crippen LogP contribution in [0.5, 0.6) is 0 Å². The van der Waals surface area contributed by atoms with E-state index >= 15 is 0 Å². The number of nitrogens with one attached hydrogen (secondary N) is 1. The highest BCUT2D eigenvalue weighted by atomic mass is 32.1. The molecule has 2 aromatic rings. The van der Waals surface area contributed by atoms with Gasteiger partial charge < -0.3 is 14.6 Å². The molecule has 0 bridgehead atoms. The molecule has 4 nitrogen and oxygen atoms in total. The first-order valence-corrected chi connectivity index (χ1v) is 7.50. The van der Waals surface area contributed by atoms with Crippen molar-refractivity contribution < 1.29 is 9.21 Å². The number of rotatable bonds is 4. The molecule has 2 unspecified atom stereocenters. The van der Waals surface area contributed by atoms with Crippen LogP contribution in [-0.2, 0) is 0 Å². The zero-order valence-corrected chi connectivity index (χ0v) is 13.0. The molecule has 1 N–H and O–H groups in total. The van der Waals surface area contributed by atoms with Gasteiger partial charge in [0.1, 0.15) is 11.5 Å². The summed E-state index contributed by atoms with van der Waals surface area (Å²) in [6.45, 7) is 5.83. The van der Waals surface area contributed by atoms with Crippen LogP contribution in [-0.4, -0.2) is 18.0 Å². The van der Waals surface area contributed by atoms with E-state index in [2.05, 4.69) is 5.32 Å². The van der Waals surface area contributed by atoms with Crippen molar-refractivity contribution in [2.24, 2.45) is 0 Å². The van der Waals surface area contributed by atoms with Gasteiger partial charge in [0.15, 0.2) is 0 Å². The van der Waals surface area contributed by atoms with Crippen LogP contribution < -0.4 is 5.32 Å². The predicted molar refractivity (Wildman–Crippen MR) is 80.9 cm³/mol. The summed E-state index contributed by atoms with van der Waals surface area (Å²) in [4.78, 5) is 15.1. The Hall–Kier alpha value is -1.75. The number of urea groups is 1. The Morgan fingerprint density at radius 2 is 2.10 bits per heavy atom. The molecule has 5 heteroatoms. The molecular weight excluding hydrogens is 272 g/mol. The minimum atomic E-state index is -0.144. The lowest BCUT2D eigenvalue weighted by molar-refractivity contribution is 0.190. The highest BCUT2D eigenvalue weighted by Gasteiger charge is 2.20. The minimum Gasteiger partial charge on any atom is -0.464 e. The molecule has 0 aliphatic heterocycles. The van der Waals surface area contributed by atoms with E-state index in [4.69, 9.17) is 4.42 Å². The first-order chi connectivity index (χ1) is 9.49. The molecule has 2 heterocycles. The van der Waals surface area contributed by atoms with E-state index in [1.807, 2.05) is 50.4 Å². The maximum absolute atomic E-state index is 12.2. The van der Waals surface area contributed by atoms with E-state index in [9.17, 15) is 4.79 Å². The van der Waals surface area contributed by atoms with Gasteiger partial charge in [0.2, 0.25) is 0 Å². The van der Waals surface area contributed by atoms with E-state index < -0.39 is 0 Å². The molecule has 2 aromatic heterocycles. The van der Waals surface area contributed by atoms with Gasteiger partial charge in [-0.2, -0.15) is 0 Å². The van der Waals surface area contributed by atoms with Crippen LogP contribution in [0.15, 0.2) is 34.1 Å². The van der Waals surface area contributed by atoms with E-state index in [0.717, 1.165) is 11.5 Å². The maximum atomic E-state index is 12.2. The second kappa shape index (κ2) is 6.13. The van der Waals surface area contributed by atoms with Crippen molar-refractivity contribution in [2.75, 3.05) is 7.05 Å². The highest BCUT2D eigenvalue weighted by Crippen LogP contribution is 2.24. The Morgan fingerprint density at radius 3 is 2.65 bits per heavy atom. The topological polar surface area (TPSA) is 45.5 Å². The average Bonchev–Trinajstić information content (AvgIpc) is 3.07. The van der Waals surface area contributed by atoms with Crippen LogP contribution in [0.1, 0.15) is 42.3 Å². The van der Waals surface area contributed by atoms with Gasteiger partial charge in [-0.15, -0.1) is 11.3 Å². The summed E-state index contributed by atoms with van der Waals surface area (Å²) in [6.07, 6.45) is 0. The van der Waals surface area contributed by atoms with Crippen molar-refractivity contribution in [1.29, 1.82) is 0 Å². The van der Waals surface area contributed by atoms with Gasteiger partial charge in [0.05, 0.1) is 12.1 Å². The number of amides is 2. The predicted octanol–water partition coefficient (Wildman–Crippen LogP) is 4.11. The molecule has 0 saturated carbocycles. The number of carbonyl (C=O) groups is 1. The second-order valence-corrected chi connectivity index (χ2v) is 5.90. The van der Waals surface area contributed by atoms with Crippen molar-refractivity contribution in [3.8, 4) is 0 Å². The third-order valence-corrected chi connectivity index (χ3v) is 4.43. The number of furan rings is 1. The maximum Gasteiger partial charge on any atom is 0.318 e. The van der Waals surface area contributed by atoms with Crippen molar-refractivity contribution in [2.45, 2.75) is 32.9 Å². The summed E-state index contributed by atoms with van der Waals surface area (Å²) in [6, 6.07) is 7.63. The molecule has 2 amide bonds. The van der Waals surface area contributed by atoms with Crippen molar-refractivity contribution in [3.05, 3.63) is 46.0 Å². The summed E-state index contributed by atoms with van der Waals surface area (Å²) in [5.41, 5.74) is 0. The van der Waals surface area contributed by atoms with Crippen LogP contribution in [0.3, 0.4) is 0 Å². The fourth-order valence-corrected chi connectivity index (χ4v) is 2.77. The minimum absolute atomic E-state index is 0.0561. The first kappa shape index (κ1) is 14.7. The number of hydrogen-bond acceptors (Lipinski definition) is 3. The number of thiophene rings is 1. The molecule has 2 atom stereocenters. The summed E-state index contributed by atoms with van der Waals surface area (Å²) in [5.74, 6) is 1.62. The van der Waals surface area contributed by atoms with E-state index in [1.54, 1.807) is 23.3 Å². The summed E-state index contributed by atoms with van der Waals surface area (Å²) >= 11 is 1.66. The standard InChI is InChI=1S/C15H20N2O2S/c1-10-7-8-13(19-10)11(2)16-15(18)17(4)12(3)14-6-5-9-20-14/h5-9,11-12H,1-4H3,(H,16,18). The van der Waals surface area contributed by atoms with Gasteiger partial charge in [-0.25, -0.2) is 4.79 Å². The van der Waals surface area contributed by atoms with E-state index in [-0.39, 0.29) is 18.1 Å². The number of aryl methyl sites for hydroxylation is 1. The Kier molecular flexibility index (Phi) is 4.49. The lowest BCUT2D eigenvalue weighted by atomic mass is 10.2. The van der Waals surface area contributed by atoms with Crippen molar-refractivity contribution >= 4 is 17.4 Å². The van der Waals surface area contributed by atoms with Gasteiger partial charge in [-0.05, 0) is 44.4 Å². The van der Waals surface area contributed by atoms with Gasteiger partial charge >= 0.3 is 6.03 Å². The largest absolute Gasteiger partial charge is 0.464 e. The van der Waals surface area contributed by atoms with E-state index in [0.29, 0.717) is 0 Å². The van der Waals surface area contributed by atoms with Crippen LogP contribution >= 0.6 is 11.3 Å². The number of nitrogens with zero attached hydrogens (tertiary/aromatic N) is 1. The van der Waals surface area contributed by atoms with E-state index in [1.165, 1.54) is 4.88 Å². The lowest BCUT2D eigenvalue weighted by Gasteiger charge is -2.25. The van der Waals surface area contributed by atoms with Gasteiger partial charge in [0.25, 0.3) is 0 Å². The molecule has 0 aromatic carbocycles. The third kappa shape index (κ3) is 3.22. The third-order valence-electron chi connectivity index (χ3n) is 3.38. The smallest absolute Gasteiger partial charge is 0.318 e. The zero-order valence-electron chi connectivity index (χ0n) is 12.2.